The predicted octanol–water partition coefficient (Wildman–Crippen LogP) is 4.00. The van der Waals surface area contributed by atoms with Gasteiger partial charge in [0.05, 0.1) is 22.5 Å². The maximum Gasteiger partial charge on any atom is 0.265 e. The van der Waals surface area contributed by atoms with E-state index in [9.17, 15) is 9.59 Å². The first-order chi connectivity index (χ1) is 14.5. The maximum absolute atomic E-state index is 13.5. The normalized spacial score (nSPS) is 15.6. The highest BCUT2D eigenvalue weighted by Crippen LogP contribution is 2.38. The maximum atomic E-state index is 13.5. The van der Waals surface area contributed by atoms with E-state index in [0.717, 1.165) is 22.5 Å². The largest absolute Gasteiger partial charge is 0.315 e. The van der Waals surface area contributed by atoms with E-state index in [-0.39, 0.29) is 17.4 Å². The SMILES string of the molecule is Cc1cccc(-n2c(CC3C(=O)N(C)c4ccccc43)nc3ccccc3c2=O)c1. The molecule has 0 N–H and O–H groups in total. The predicted molar refractivity (Wildman–Crippen MR) is 118 cm³/mol. The average molecular weight is 395 g/mol. The molecule has 0 aliphatic carbocycles. The van der Waals surface area contributed by atoms with Gasteiger partial charge in [-0.1, -0.05) is 42.5 Å². The molecule has 148 valence electrons. The molecule has 0 radical (unpaired) electrons. The van der Waals surface area contributed by atoms with E-state index >= 15 is 0 Å². The number of carbonyl (C=O) groups excluding carboxylic acids is 1. The average Bonchev–Trinajstić information content (AvgIpc) is 2.99. The van der Waals surface area contributed by atoms with Crippen LogP contribution in [0.5, 0.6) is 0 Å². The van der Waals surface area contributed by atoms with Crippen molar-refractivity contribution in [1.29, 1.82) is 0 Å². The van der Waals surface area contributed by atoms with Crippen LogP contribution in [0.1, 0.15) is 22.9 Å². The number of anilines is 1. The molecule has 1 atom stereocenters. The van der Waals surface area contributed by atoms with Crippen molar-refractivity contribution in [2.24, 2.45) is 0 Å². The van der Waals surface area contributed by atoms with Gasteiger partial charge in [0.1, 0.15) is 5.82 Å². The molecule has 0 saturated carbocycles. The number of hydrogen-bond acceptors (Lipinski definition) is 3. The Balaban J connectivity index is 1.72. The number of fused-ring (bicyclic) bond motifs is 2. The number of nitrogens with zero attached hydrogens (tertiary/aromatic N) is 3. The summed E-state index contributed by atoms with van der Waals surface area (Å²) in [5.41, 5.74) is 4.24. The molecule has 0 saturated heterocycles. The lowest BCUT2D eigenvalue weighted by Crippen LogP contribution is -2.29. The van der Waals surface area contributed by atoms with E-state index < -0.39 is 0 Å². The van der Waals surface area contributed by atoms with Crippen LogP contribution in [0.15, 0.2) is 77.6 Å². The van der Waals surface area contributed by atoms with Crippen LogP contribution < -0.4 is 10.5 Å². The molecule has 0 bridgehead atoms. The minimum absolute atomic E-state index is 0.0226. The Bertz CT molecular complexity index is 1360. The van der Waals surface area contributed by atoms with Gasteiger partial charge < -0.3 is 4.90 Å². The van der Waals surface area contributed by atoms with Crippen LogP contribution in [0.2, 0.25) is 0 Å². The second-order valence-corrected chi connectivity index (χ2v) is 7.74. The molecule has 5 heteroatoms. The zero-order valence-corrected chi connectivity index (χ0v) is 16.9. The van der Waals surface area contributed by atoms with Crippen molar-refractivity contribution in [1.82, 2.24) is 9.55 Å². The van der Waals surface area contributed by atoms with Gasteiger partial charge in [-0.3, -0.25) is 14.2 Å². The molecule has 30 heavy (non-hydrogen) atoms. The Morgan fingerprint density at radius 3 is 2.53 bits per heavy atom. The second kappa shape index (κ2) is 6.95. The van der Waals surface area contributed by atoms with Crippen molar-refractivity contribution in [3.63, 3.8) is 0 Å². The monoisotopic (exact) mass is 395 g/mol. The number of aromatic nitrogens is 2. The minimum Gasteiger partial charge on any atom is -0.315 e. The van der Waals surface area contributed by atoms with E-state index in [1.807, 2.05) is 73.7 Å². The van der Waals surface area contributed by atoms with Crippen LogP contribution >= 0.6 is 0 Å². The Morgan fingerprint density at radius 1 is 0.933 bits per heavy atom. The first-order valence-electron chi connectivity index (χ1n) is 9.99. The molecule has 4 aromatic rings. The van der Waals surface area contributed by atoms with Crippen LogP contribution in [0.3, 0.4) is 0 Å². The van der Waals surface area contributed by atoms with E-state index in [4.69, 9.17) is 4.98 Å². The molecule has 1 amide bonds. The van der Waals surface area contributed by atoms with E-state index in [0.29, 0.717) is 23.1 Å². The Kier molecular flexibility index (Phi) is 4.24. The van der Waals surface area contributed by atoms with Crippen molar-refractivity contribution in [2.45, 2.75) is 19.3 Å². The fourth-order valence-electron chi connectivity index (χ4n) is 4.30. The van der Waals surface area contributed by atoms with Crippen LogP contribution in [-0.4, -0.2) is 22.5 Å². The fraction of sp³-hybridized carbons (Fsp3) is 0.160. The van der Waals surface area contributed by atoms with Crippen molar-refractivity contribution in [2.75, 3.05) is 11.9 Å². The molecule has 1 unspecified atom stereocenters. The molecule has 3 aromatic carbocycles. The summed E-state index contributed by atoms with van der Waals surface area (Å²) in [5.74, 6) is 0.248. The van der Waals surface area contributed by atoms with Crippen molar-refractivity contribution in [3.05, 3.63) is 100 Å². The highest BCUT2D eigenvalue weighted by molar-refractivity contribution is 6.04. The molecule has 5 nitrogen and oxygen atoms in total. The number of likely N-dealkylation sites (N-methyl/N-ethyl adjacent to an activating group) is 1. The lowest BCUT2D eigenvalue weighted by Gasteiger charge is -2.17. The van der Waals surface area contributed by atoms with Crippen LogP contribution in [-0.2, 0) is 11.2 Å². The summed E-state index contributed by atoms with van der Waals surface area (Å²) in [6, 6.07) is 23.0. The van der Waals surface area contributed by atoms with Gasteiger partial charge in [-0.05, 0) is 48.4 Å². The van der Waals surface area contributed by atoms with Crippen molar-refractivity contribution in [3.8, 4) is 5.69 Å². The summed E-state index contributed by atoms with van der Waals surface area (Å²) in [4.78, 5) is 33.0. The summed E-state index contributed by atoms with van der Waals surface area (Å²) in [6.07, 6.45) is 0.355. The molecule has 1 aromatic heterocycles. The molecule has 0 fully saturated rings. The minimum atomic E-state index is -0.365. The fourth-order valence-corrected chi connectivity index (χ4v) is 4.30. The number of para-hydroxylation sites is 2. The summed E-state index contributed by atoms with van der Waals surface area (Å²) in [6.45, 7) is 1.99. The lowest BCUT2D eigenvalue weighted by atomic mass is 9.96. The van der Waals surface area contributed by atoms with Crippen LogP contribution in [0.4, 0.5) is 5.69 Å². The highest BCUT2D eigenvalue weighted by Gasteiger charge is 2.36. The number of rotatable bonds is 3. The molecular weight excluding hydrogens is 374 g/mol. The summed E-state index contributed by atoms with van der Waals surface area (Å²) in [5, 5.41) is 0.568. The smallest absolute Gasteiger partial charge is 0.265 e. The number of amides is 1. The van der Waals surface area contributed by atoms with Gasteiger partial charge in [0.15, 0.2) is 0 Å². The number of hydrogen-bond donors (Lipinski definition) is 0. The molecule has 1 aliphatic heterocycles. The molecule has 5 rings (SSSR count). The quantitative estimate of drug-likeness (QED) is 0.527. The summed E-state index contributed by atoms with van der Waals surface area (Å²) in [7, 11) is 1.79. The highest BCUT2D eigenvalue weighted by atomic mass is 16.2. The molecule has 2 heterocycles. The van der Waals surface area contributed by atoms with Crippen LogP contribution in [0, 0.1) is 6.92 Å². The van der Waals surface area contributed by atoms with Crippen molar-refractivity contribution < 1.29 is 4.79 Å². The zero-order chi connectivity index (χ0) is 20.8. The van der Waals surface area contributed by atoms with Gasteiger partial charge in [-0.15, -0.1) is 0 Å². The Labute approximate surface area is 174 Å². The van der Waals surface area contributed by atoms with Crippen molar-refractivity contribution >= 4 is 22.5 Å². The van der Waals surface area contributed by atoms with Gasteiger partial charge in [-0.2, -0.15) is 0 Å². The van der Waals surface area contributed by atoms with E-state index in [2.05, 4.69) is 0 Å². The second-order valence-electron chi connectivity index (χ2n) is 7.74. The topological polar surface area (TPSA) is 55.2 Å². The standard InChI is InChI=1S/C25H21N3O2/c1-16-8-7-9-17(14-16)28-23(26-21-12-5-3-11-19(21)25(28)30)15-20-18-10-4-6-13-22(18)27(2)24(20)29/h3-14,20H,15H2,1-2H3. The third-order valence-corrected chi connectivity index (χ3v) is 5.79. The van der Waals surface area contributed by atoms with Gasteiger partial charge in [-0.25, -0.2) is 4.98 Å². The summed E-state index contributed by atoms with van der Waals surface area (Å²) >= 11 is 0. The number of aryl methyl sites for hydroxylation is 1. The lowest BCUT2D eigenvalue weighted by molar-refractivity contribution is -0.119. The third kappa shape index (κ3) is 2.82. The molecule has 1 aliphatic rings. The first-order valence-corrected chi connectivity index (χ1v) is 9.99. The first kappa shape index (κ1) is 18.3. The number of carbonyl (C=O) groups is 1. The summed E-state index contributed by atoms with van der Waals surface area (Å²) < 4.78 is 1.66. The zero-order valence-electron chi connectivity index (χ0n) is 16.9. The van der Waals surface area contributed by atoms with E-state index in [1.165, 1.54) is 0 Å². The van der Waals surface area contributed by atoms with Gasteiger partial charge in [0, 0.05) is 19.2 Å². The Hall–Kier alpha value is -3.73. The number of benzene rings is 3. The van der Waals surface area contributed by atoms with Crippen LogP contribution in [0.25, 0.3) is 16.6 Å². The third-order valence-electron chi connectivity index (χ3n) is 5.79. The van der Waals surface area contributed by atoms with Gasteiger partial charge in [0.2, 0.25) is 5.91 Å². The van der Waals surface area contributed by atoms with Gasteiger partial charge >= 0.3 is 0 Å². The molecule has 0 spiro atoms. The van der Waals surface area contributed by atoms with Gasteiger partial charge in [0.25, 0.3) is 5.56 Å². The van der Waals surface area contributed by atoms with E-state index in [1.54, 1.807) is 22.6 Å². The Morgan fingerprint density at radius 2 is 1.70 bits per heavy atom. The molecular formula is C25H21N3O2.